The van der Waals surface area contributed by atoms with Gasteiger partial charge in [-0.2, -0.15) is 0 Å². The third-order valence-corrected chi connectivity index (χ3v) is 3.68. The first kappa shape index (κ1) is 14.1. The van der Waals surface area contributed by atoms with Gasteiger partial charge in [-0.1, -0.05) is 104 Å². The summed E-state index contributed by atoms with van der Waals surface area (Å²) in [7, 11) is 0. The van der Waals surface area contributed by atoms with Crippen LogP contribution in [0.3, 0.4) is 0 Å². The molecule has 0 bridgehead atoms. The van der Waals surface area contributed by atoms with Crippen molar-refractivity contribution in [1.82, 2.24) is 0 Å². The minimum atomic E-state index is 1.15. The molecule has 0 aromatic heterocycles. The molecule has 3 aromatic carbocycles. The fourth-order valence-corrected chi connectivity index (χ4v) is 2.67. The van der Waals surface area contributed by atoms with Crippen LogP contribution in [0.25, 0.3) is 11.1 Å². The first-order valence-corrected chi connectivity index (χ1v) is 7.43. The Morgan fingerprint density at radius 3 is 1.27 bits per heavy atom. The molecule has 0 nitrogen and oxygen atoms in total. The standard InChI is InChI=1S/C22H18/c1-2-21(18-12-6-3-7-13-18)22(19-14-8-4-9-15-19)20-16-10-5-11-17-20/h2-17H,1H2. The molecule has 0 N–H and O–H groups in total. The van der Waals surface area contributed by atoms with E-state index in [1.165, 1.54) is 22.3 Å². The van der Waals surface area contributed by atoms with Gasteiger partial charge in [0.05, 0.1) is 0 Å². The van der Waals surface area contributed by atoms with Crippen LogP contribution in [0, 0.1) is 0 Å². The lowest BCUT2D eigenvalue weighted by Crippen LogP contribution is -1.93. The number of rotatable bonds is 4. The highest BCUT2D eigenvalue weighted by Gasteiger charge is 2.11. The van der Waals surface area contributed by atoms with Gasteiger partial charge < -0.3 is 0 Å². The molecule has 0 aliphatic heterocycles. The van der Waals surface area contributed by atoms with Crippen LogP contribution in [-0.4, -0.2) is 0 Å². The van der Waals surface area contributed by atoms with E-state index in [2.05, 4.69) is 79.4 Å². The molecule has 106 valence electrons. The van der Waals surface area contributed by atoms with E-state index in [1.54, 1.807) is 0 Å². The third-order valence-electron chi connectivity index (χ3n) is 3.68. The summed E-state index contributed by atoms with van der Waals surface area (Å²) in [5.74, 6) is 0. The summed E-state index contributed by atoms with van der Waals surface area (Å²) in [5, 5.41) is 0. The Hall–Kier alpha value is -2.86. The average molecular weight is 282 g/mol. The molecule has 0 aliphatic rings. The summed E-state index contributed by atoms with van der Waals surface area (Å²) in [6.07, 6.45) is 1.95. The predicted molar refractivity (Wildman–Crippen MR) is 95.4 cm³/mol. The molecule has 0 heteroatoms. The second-order valence-electron chi connectivity index (χ2n) is 5.09. The average Bonchev–Trinajstić information content (AvgIpc) is 2.62. The number of hydrogen-bond acceptors (Lipinski definition) is 0. The molecule has 0 radical (unpaired) electrons. The molecule has 0 saturated heterocycles. The number of allylic oxidation sites excluding steroid dienone is 2. The Balaban J connectivity index is 2.29. The summed E-state index contributed by atoms with van der Waals surface area (Å²) >= 11 is 0. The highest BCUT2D eigenvalue weighted by molar-refractivity contribution is 6.01. The summed E-state index contributed by atoms with van der Waals surface area (Å²) in [5.41, 5.74) is 5.94. The van der Waals surface area contributed by atoms with Crippen LogP contribution in [0.1, 0.15) is 16.7 Å². The fourth-order valence-electron chi connectivity index (χ4n) is 2.67. The molecule has 3 aromatic rings. The summed E-state index contributed by atoms with van der Waals surface area (Å²) < 4.78 is 0. The Labute approximate surface area is 132 Å². The van der Waals surface area contributed by atoms with Crippen LogP contribution in [0.4, 0.5) is 0 Å². The van der Waals surface area contributed by atoms with E-state index in [-0.39, 0.29) is 0 Å². The molecule has 3 rings (SSSR count). The fraction of sp³-hybridized carbons (Fsp3) is 0. The van der Waals surface area contributed by atoms with Gasteiger partial charge in [0.25, 0.3) is 0 Å². The van der Waals surface area contributed by atoms with Crippen LogP contribution in [-0.2, 0) is 0 Å². The zero-order chi connectivity index (χ0) is 15.2. The van der Waals surface area contributed by atoms with Gasteiger partial charge in [0.2, 0.25) is 0 Å². The largest absolute Gasteiger partial charge is 0.0984 e. The van der Waals surface area contributed by atoms with Crippen molar-refractivity contribution in [2.75, 3.05) is 0 Å². The van der Waals surface area contributed by atoms with Gasteiger partial charge >= 0.3 is 0 Å². The van der Waals surface area contributed by atoms with E-state index in [0.29, 0.717) is 0 Å². The zero-order valence-corrected chi connectivity index (χ0v) is 12.4. The topological polar surface area (TPSA) is 0 Å². The molecular formula is C22H18. The van der Waals surface area contributed by atoms with E-state index in [9.17, 15) is 0 Å². The SMILES string of the molecule is C=CC(=C(c1ccccc1)c1ccccc1)c1ccccc1. The first-order chi connectivity index (χ1) is 10.9. The van der Waals surface area contributed by atoms with Gasteiger partial charge in [0.1, 0.15) is 0 Å². The lowest BCUT2D eigenvalue weighted by atomic mass is 9.89. The molecule has 0 heterocycles. The van der Waals surface area contributed by atoms with Crippen LogP contribution in [0.2, 0.25) is 0 Å². The van der Waals surface area contributed by atoms with Gasteiger partial charge in [0.15, 0.2) is 0 Å². The van der Waals surface area contributed by atoms with E-state index < -0.39 is 0 Å². The molecule has 0 atom stereocenters. The number of benzene rings is 3. The van der Waals surface area contributed by atoms with Crippen molar-refractivity contribution in [2.45, 2.75) is 0 Å². The van der Waals surface area contributed by atoms with Crippen molar-refractivity contribution >= 4 is 11.1 Å². The monoisotopic (exact) mass is 282 g/mol. The van der Waals surface area contributed by atoms with Gasteiger partial charge in [0, 0.05) is 0 Å². The Kier molecular flexibility index (Phi) is 4.31. The van der Waals surface area contributed by atoms with Gasteiger partial charge in [-0.05, 0) is 27.8 Å². The lowest BCUT2D eigenvalue weighted by molar-refractivity contribution is 1.53. The summed E-state index contributed by atoms with van der Waals surface area (Å²) in [6.45, 7) is 4.05. The van der Waals surface area contributed by atoms with Crippen LogP contribution >= 0.6 is 0 Å². The smallest absolute Gasteiger partial charge is 0.00331 e. The molecule has 0 unspecified atom stereocenters. The minimum absolute atomic E-state index is 1.15. The van der Waals surface area contributed by atoms with E-state index in [1.807, 2.05) is 24.3 Å². The van der Waals surface area contributed by atoms with Crippen molar-refractivity contribution in [3.05, 3.63) is 120 Å². The van der Waals surface area contributed by atoms with Crippen LogP contribution in [0.15, 0.2) is 104 Å². The van der Waals surface area contributed by atoms with Crippen molar-refractivity contribution in [1.29, 1.82) is 0 Å². The molecule has 0 spiro atoms. The highest BCUT2D eigenvalue weighted by Crippen LogP contribution is 2.32. The zero-order valence-electron chi connectivity index (χ0n) is 12.4. The van der Waals surface area contributed by atoms with E-state index >= 15 is 0 Å². The van der Waals surface area contributed by atoms with E-state index in [4.69, 9.17) is 0 Å². The first-order valence-electron chi connectivity index (χ1n) is 7.43. The maximum atomic E-state index is 4.05. The second-order valence-corrected chi connectivity index (χ2v) is 5.09. The van der Waals surface area contributed by atoms with E-state index in [0.717, 1.165) is 5.57 Å². The summed E-state index contributed by atoms with van der Waals surface area (Å²) in [6, 6.07) is 31.4. The minimum Gasteiger partial charge on any atom is -0.0984 e. The highest BCUT2D eigenvalue weighted by atomic mass is 14.1. The second kappa shape index (κ2) is 6.73. The Bertz CT molecular complexity index is 725. The molecule has 0 saturated carbocycles. The van der Waals surface area contributed by atoms with Crippen molar-refractivity contribution in [2.24, 2.45) is 0 Å². The van der Waals surface area contributed by atoms with Gasteiger partial charge in [-0.3, -0.25) is 0 Å². The van der Waals surface area contributed by atoms with Crippen LogP contribution in [0.5, 0.6) is 0 Å². The number of hydrogen-bond donors (Lipinski definition) is 0. The molecular weight excluding hydrogens is 264 g/mol. The normalized spacial score (nSPS) is 10.0. The third kappa shape index (κ3) is 2.91. The molecule has 0 fully saturated rings. The summed E-state index contributed by atoms with van der Waals surface area (Å²) in [4.78, 5) is 0. The maximum Gasteiger partial charge on any atom is -0.00331 e. The molecule has 0 amide bonds. The molecule has 0 aliphatic carbocycles. The van der Waals surface area contributed by atoms with Gasteiger partial charge in [-0.25, -0.2) is 0 Å². The van der Waals surface area contributed by atoms with Crippen molar-refractivity contribution < 1.29 is 0 Å². The Morgan fingerprint density at radius 1 is 0.545 bits per heavy atom. The predicted octanol–water partition coefficient (Wildman–Crippen LogP) is 5.83. The van der Waals surface area contributed by atoms with Gasteiger partial charge in [-0.15, -0.1) is 0 Å². The van der Waals surface area contributed by atoms with Crippen LogP contribution < -0.4 is 0 Å². The van der Waals surface area contributed by atoms with Crippen molar-refractivity contribution in [3.8, 4) is 0 Å². The Morgan fingerprint density at radius 2 is 0.909 bits per heavy atom. The quantitative estimate of drug-likeness (QED) is 0.417. The maximum absolute atomic E-state index is 4.05. The van der Waals surface area contributed by atoms with Crippen molar-refractivity contribution in [3.63, 3.8) is 0 Å². The molecule has 22 heavy (non-hydrogen) atoms. The lowest BCUT2D eigenvalue weighted by Gasteiger charge is -2.14.